The van der Waals surface area contributed by atoms with Crippen LogP contribution in [0.15, 0.2) is 0 Å². The zero-order valence-corrected chi connectivity index (χ0v) is 12.3. The van der Waals surface area contributed by atoms with E-state index in [2.05, 4.69) is 0 Å². The average molecular weight is 285 g/mol. The quantitative estimate of drug-likeness (QED) is 0.686. The van der Waals surface area contributed by atoms with E-state index >= 15 is 0 Å². The minimum atomic E-state index is -0.941. The van der Waals surface area contributed by atoms with Gasteiger partial charge in [-0.15, -0.1) is 0 Å². The number of hydrogen-bond donors (Lipinski definition) is 1. The second-order valence-electron chi connectivity index (χ2n) is 4.40. The summed E-state index contributed by atoms with van der Waals surface area (Å²) < 4.78 is 4.95. The van der Waals surface area contributed by atoms with Crippen LogP contribution in [0.3, 0.4) is 0 Å². The molecule has 1 N–H and O–H groups in total. The number of rotatable bonds is 9. The van der Waals surface area contributed by atoms with Crippen LogP contribution in [0.5, 0.6) is 0 Å². The van der Waals surface area contributed by atoms with E-state index in [-0.39, 0.29) is 18.9 Å². The summed E-state index contributed by atoms with van der Waals surface area (Å²) in [4.78, 5) is 26.2. The highest BCUT2D eigenvalue weighted by molar-refractivity contribution is 5.76. The van der Waals surface area contributed by atoms with Gasteiger partial charge >= 0.3 is 12.0 Å². The number of amides is 2. The van der Waals surface area contributed by atoms with Gasteiger partial charge in [-0.2, -0.15) is 5.26 Å². The monoisotopic (exact) mass is 285 g/mol. The van der Waals surface area contributed by atoms with Gasteiger partial charge in [0.1, 0.15) is 0 Å². The number of methoxy groups -OCH3 is 1. The lowest BCUT2D eigenvalue weighted by molar-refractivity contribution is -0.138. The smallest absolute Gasteiger partial charge is 0.320 e. The first-order valence-electron chi connectivity index (χ1n) is 6.61. The van der Waals surface area contributed by atoms with Gasteiger partial charge in [0.05, 0.1) is 25.5 Å². The Morgan fingerprint density at radius 3 is 2.50 bits per heavy atom. The first-order valence-corrected chi connectivity index (χ1v) is 6.61. The molecule has 0 aromatic carbocycles. The van der Waals surface area contributed by atoms with Gasteiger partial charge in [-0.3, -0.25) is 4.79 Å². The van der Waals surface area contributed by atoms with Gasteiger partial charge in [0.25, 0.3) is 0 Å². The second-order valence-corrected chi connectivity index (χ2v) is 4.40. The molecular weight excluding hydrogens is 262 g/mol. The molecule has 0 saturated carbocycles. The molecule has 0 radical (unpaired) electrons. The number of urea groups is 1. The Hall–Kier alpha value is -1.81. The fourth-order valence-electron chi connectivity index (χ4n) is 1.87. The standard InChI is InChI=1S/C13H23N3O4/c1-4-16(11(2)10-12(17)18)13(19)15(7-5-6-14)8-9-20-3/h11H,4-5,7-10H2,1-3H3,(H,17,18). The third-order valence-electron chi connectivity index (χ3n) is 2.92. The molecule has 0 aliphatic carbocycles. The zero-order valence-electron chi connectivity index (χ0n) is 12.3. The van der Waals surface area contributed by atoms with Crippen molar-refractivity contribution in [2.45, 2.75) is 32.7 Å². The van der Waals surface area contributed by atoms with Crippen LogP contribution in [0.25, 0.3) is 0 Å². The molecule has 0 fully saturated rings. The Bertz CT molecular complexity index is 354. The number of carboxylic acid groups (broad SMARTS) is 1. The molecule has 0 aromatic rings. The van der Waals surface area contributed by atoms with Crippen LogP contribution in [-0.2, 0) is 9.53 Å². The van der Waals surface area contributed by atoms with Crippen LogP contribution in [0.1, 0.15) is 26.7 Å². The van der Waals surface area contributed by atoms with Gasteiger partial charge in [-0.25, -0.2) is 4.79 Å². The third kappa shape index (κ3) is 6.38. The molecular formula is C13H23N3O4. The van der Waals surface area contributed by atoms with Crippen LogP contribution in [0, 0.1) is 11.3 Å². The normalized spacial score (nSPS) is 11.5. The van der Waals surface area contributed by atoms with Gasteiger partial charge in [0, 0.05) is 32.8 Å². The molecule has 0 aliphatic heterocycles. The van der Waals surface area contributed by atoms with Gasteiger partial charge < -0.3 is 19.6 Å². The lowest BCUT2D eigenvalue weighted by Crippen LogP contribution is -2.49. The fraction of sp³-hybridized carbons (Fsp3) is 0.769. The van der Waals surface area contributed by atoms with E-state index in [1.807, 2.05) is 6.07 Å². The maximum absolute atomic E-state index is 12.4. The van der Waals surface area contributed by atoms with Crippen molar-refractivity contribution in [1.82, 2.24) is 9.80 Å². The maximum atomic E-state index is 12.4. The fourth-order valence-corrected chi connectivity index (χ4v) is 1.87. The summed E-state index contributed by atoms with van der Waals surface area (Å²) in [7, 11) is 1.54. The van der Waals surface area contributed by atoms with Crippen molar-refractivity contribution < 1.29 is 19.4 Å². The summed E-state index contributed by atoms with van der Waals surface area (Å²) in [6.07, 6.45) is 0.135. The molecule has 20 heavy (non-hydrogen) atoms. The number of ether oxygens (including phenoxy) is 1. The largest absolute Gasteiger partial charge is 0.481 e. The average Bonchev–Trinajstić information content (AvgIpc) is 2.38. The highest BCUT2D eigenvalue weighted by Gasteiger charge is 2.25. The summed E-state index contributed by atoms with van der Waals surface area (Å²) in [5, 5.41) is 17.5. The van der Waals surface area contributed by atoms with E-state index < -0.39 is 12.0 Å². The summed E-state index contributed by atoms with van der Waals surface area (Å²) in [6.45, 7) is 5.00. The van der Waals surface area contributed by atoms with Crippen molar-refractivity contribution in [3.8, 4) is 6.07 Å². The van der Waals surface area contributed by atoms with E-state index in [1.165, 1.54) is 16.9 Å². The van der Waals surface area contributed by atoms with Crippen molar-refractivity contribution in [2.24, 2.45) is 0 Å². The number of hydrogen-bond acceptors (Lipinski definition) is 4. The molecule has 0 spiro atoms. The minimum absolute atomic E-state index is 0.101. The van der Waals surface area contributed by atoms with E-state index in [0.29, 0.717) is 26.2 Å². The summed E-state index contributed by atoms with van der Waals surface area (Å²) in [5.74, 6) is -0.941. The number of nitriles is 1. The van der Waals surface area contributed by atoms with E-state index in [9.17, 15) is 9.59 Å². The Balaban J connectivity index is 4.78. The number of carbonyl (C=O) groups excluding carboxylic acids is 1. The topological polar surface area (TPSA) is 93.9 Å². The molecule has 0 rings (SSSR count). The SMILES string of the molecule is CCN(C(=O)N(CCC#N)CCOC)C(C)CC(=O)O. The lowest BCUT2D eigenvalue weighted by Gasteiger charge is -2.33. The van der Waals surface area contributed by atoms with Crippen molar-refractivity contribution >= 4 is 12.0 Å². The molecule has 0 bridgehead atoms. The Labute approximate surface area is 119 Å². The Kier molecular flexibility index (Phi) is 9.13. The number of carboxylic acids is 1. The molecule has 114 valence electrons. The van der Waals surface area contributed by atoms with Crippen LogP contribution < -0.4 is 0 Å². The van der Waals surface area contributed by atoms with Crippen LogP contribution in [0.2, 0.25) is 0 Å². The number of aliphatic carboxylic acids is 1. The second kappa shape index (κ2) is 10.0. The van der Waals surface area contributed by atoms with Crippen molar-refractivity contribution in [3.63, 3.8) is 0 Å². The zero-order chi connectivity index (χ0) is 15.5. The van der Waals surface area contributed by atoms with Crippen molar-refractivity contribution in [2.75, 3.05) is 33.4 Å². The highest BCUT2D eigenvalue weighted by Crippen LogP contribution is 2.09. The predicted octanol–water partition coefficient (Wildman–Crippen LogP) is 1.15. The van der Waals surface area contributed by atoms with Gasteiger partial charge in [0.2, 0.25) is 0 Å². The van der Waals surface area contributed by atoms with Crippen molar-refractivity contribution in [3.05, 3.63) is 0 Å². The van der Waals surface area contributed by atoms with Crippen LogP contribution in [0.4, 0.5) is 4.79 Å². The van der Waals surface area contributed by atoms with E-state index in [4.69, 9.17) is 15.1 Å². The van der Waals surface area contributed by atoms with E-state index in [0.717, 1.165) is 0 Å². The molecule has 7 heteroatoms. The minimum Gasteiger partial charge on any atom is -0.481 e. The van der Waals surface area contributed by atoms with Crippen LogP contribution >= 0.6 is 0 Å². The molecule has 2 amide bonds. The Morgan fingerprint density at radius 1 is 1.40 bits per heavy atom. The Morgan fingerprint density at radius 2 is 2.05 bits per heavy atom. The lowest BCUT2D eigenvalue weighted by atomic mass is 10.2. The summed E-state index contributed by atoms with van der Waals surface area (Å²) >= 11 is 0. The molecule has 0 heterocycles. The first kappa shape index (κ1) is 18.2. The first-order chi connectivity index (χ1) is 9.47. The van der Waals surface area contributed by atoms with Gasteiger partial charge in [-0.1, -0.05) is 0 Å². The molecule has 0 aromatic heterocycles. The third-order valence-corrected chi connectivity index (χ3v) is 2.92. The molecule has 1 unspecified atom stereocenters. The highest BCUT2D eigenvalue weighted by atomic mass is 16.5. The number of carbonyl (C=O) groups is 2. The summed E-state index contributed by atoms with van der Waals surface area (Å²) in [6, 6.07) is 1.35. The summed E-state index contributed by atoms with van der Waals surface area (Å²) in [5.41, 5.74) is 0. The van der Waals surface area contributed by atoms with Crippen molar-refractivity contribution in [1.29, 1.82) is 5.26 Å². The van der Waals surface area contributed by atoms with Gasteiger partial charge in [-0.05, 0) is 13.8 Å². The van der Waals surface area contributed by atoms with Crippen LogP contribution in [-0.4, -0.2) is 66.3 Å². The molecule has 0 saturated heterocycles. The van der Waals surface area contributed by atoms with E-state index in [1.54, 1.807) is 13.8 Å². The molecule has 0 aliphatic rings. The predicted molar refractivity (Wildman–Crippen MR) is 73.2 cm³/mol. The van der Waals surface area contributed by atoms with Gasteiger partial charge in [0.15, 0.2) is 0 Å². The molecule has 7 nitrogen and oxygen atoms in total. The maximum Gasteiger partial charge on any atom is 0.320 e. The molecule has 1 atom stereocenters. The number of nitrogens with zero attached hydrogens (tertiary/aromatic N) is 3.